The first-order valence-corrected chi connectivity index (χ1v) is 11.6. The molecule has 0 aliphatic rings. The third kappa shape index (κ3) is 4.90. The van der Waals surface area contributed by atoms with Crippen LogP contribution < -0.4 is 5.56 Å². The molecule has 5 aromatic rings. The molecule has 0 aliphatic heterocycles. The highest BCUT2D eigenvalue weighted by molar-refractivity contribution is 5.80. The number of aromatic nitrogens is 3. The zero-order valence-corrected chi connectivity index (χ0v) is 20.2. The van der Waals surface area contributed by atoms with Crippen molar-refractivity contribution in [3.8, 4) is 23.3 Å². The van der Waals surface area contributed by atoms with Crippen molar-refractivity contribution in [2.75, 3.05) is 0 Å². The van der Waals surface area contributed by atoms with Gasteiger partial charge < -0.3 is 5.11 Å². The lowest BCUT2D eigenvalue weighted by atomic mass is 10.1. The number of hydrogen-bond donors (Lipinski definition) is 1. The molecule has 0 spiro atoms. The minimum atomic E-state index is -0.654. The fraction of sp³-hybridized carbons (Fsp3) is 0.0333. The molecule has 184 valence electrons. The van der Waals surface area contributed by atoms with E-state index in [1.54, 1.807) is 54.9 Å². The number of aromatic hydroxyl groups is 1. The molecular weight excluding hydrogens is 480 g/mol. The molecule has 0 bridgehead atoms. The number of nitro groups is 1. The predicted molar refractivity (Wildman–Crippen MR) is 146 cm³/mol. The van der Waals surface area contributed by atoms with Crippen LogP contribution in [-0.2, 0) is 0 Å². The molecule has 2 heterocycles. The Kier molecular flexibility index (Phi) is 6.49. The van der Waals surface area contributed by atoms with Gasteiger partial charge in [-0.2, -0.15) is 0 Å². The molecule has 0 aliphatic carbocycles. The predicted octanol–water partition coefficient (Wildman–Crippen LogP) is 5.27. The largest absolute Gasteiger partial charge is 0.502 e. The minimum absolute atomic E-state index is 0.246. The SMILES string of the molecule is Cc1cc(C#Cc2cccnc2)ccc1-n1c(C=Cc2ccc(O)c([N+](=O)[O-])c2)nc2ccccc2c1=O. The van der Waals surface area contributed by atoms with E-state index in [1.807, 2.05) is 37.3 Å². The normalized spacial score (nSPS) is 10.9. The van der Waals surface area contributed by atoms with Crippen LogP contribution in [0.25, 0.3) is 28.7 Å². The van der Waals surface area contributed by atoms with Crippen LogP contribution in [0.2, 0.25) is 0 Å². The maximum absolute atomic E-state index is 13.6. The Morgan fingerprint density at radius 2 is 1.79 bits per heavy atom. The van der Waals surface area contributed by atoms with E-state index < -0.39 is 16.4 Å². The molecular formula is C30H20N4O4. The van der Waals surface area contributed by atoms with E-state index in [1.165, 1.54) is 16.7 Å². The number of nitro benzene ring substituents is 1. The average Bonchev–Trinajstić information content (AvgIpc) is 2.92. The minimum Gasteiger partial charge on any atom is -0.502 e. The summed E-state index contributed by atoms with van der Waals surface area (Å²) < 4.78 is 1.52. The summed E-state index contributed by atoms with van der Waals surface area (Å²) in [5.74, 6) is 6.13. The first-order valence-electron chi connectivity index (χ1n) is 11.6. The lowest BCUT2D eigenvalue weighted by molar-refractivity contribution is -0.385. The molecule has 0 atom stereocenters. The van der Waals surface area contributed by atoms with Crippen LogP contribution in [0.4, 0.5) is 5.69 Å². The Bertz CT molecular complexity index is 1850. The van der Waals surface area contributed by atoms with E-state index in [0.29, 0.717) is 28.0 Å². The van der Waals surface area contributed by atoms with Crippen LogP contribution in [0.1, 0.15) is 28.1 Å². The molecule has 3 aromatic carbocycles. The van der Waals surface area contributed by atoms with Gasteiger partial charge in [-0.3, -0.25) is 24.5 Å². The summed E-state index contributed by atoms with van der Waals surface area (Å²) in [6, 6.07) is 20.4. The molecule has 2 aromatic heterocycles. The van der Waals surface area contributed by atoms with Gasteiger partial charge in [-0.1, -0.05) is 36.1 Å². The van der Waals surface area contributed by atoms with E-state index in [-0.39, 0.29) is 5.56 Å². The topological polar surface area (TPSA) is 111 Å². The Morgan fingerprint density at radius 3 is 2.55 bits per heavy atom. The van der Waals surface area contributed by atoms with Gasteiger partial charge in [0.1, 0.15) is 5.82 Å². The summed E-state index contributed by atoms with van der Waals surface area (Å²) in [5, 5.41) is 21.4. The lowest BCUT2D eigenvalue weighted by Gasteiger charge is -2.14. The number of hydrogen-bond acceptors (Lipinski definition) is 6. The van der Waals surface area contributed by atoms with Gasteiger partial charge in [-0.05, 0) is 72.7 Å². The van der Waals surface area contributed by atoms with Gasteiger partial charge in [-0.15, -0.1) is 0 Å². The van der Waals surface area contributed by atoms with Gasteiger partial charge >= 0.3 is 5.69 Å². The first kappa shape index (κ1) is 24.2. The summed E-state index contributed by atoms with van der Waals surface area (Å²) in [5.41, 5.74) is 3.38. The Morgan fingerprint density at radius 1 is 0.974 bits per heavy atom. The van der Waals surface area contributed by atoms with Crippen LogP contribution in [0.5, 0.6) is 5.75 Å². The van der Waals surface area contributed by atoms with Crippen LogP contribution in [0.3, 0.4) is 0 Å². The third-order valence-corrected chi connectivity index (χ3v) is 5.87. The zero-order chi connectivity index (χ0) is 26.6. The molecule has 0 radical (unpaired) electrons. The number of rotatable bonds is 4. The van der Waals surface area contributed by atoms with Gasteiger partial charge in [0.25, 0.3) is 5.56 Å². The molecule has 0 fully saturated rings. The molecule has 38 heavy (non-hydrogen) atoms. The molecule has 8 heteroatoms. The van der Waals surface area contributed by atoms with Crippen molar-refractivity contribution in [3.63, 3.8) is 0 Å². The number of aryl methyl sites for hydroxylation is 1. The molecule has 5 rings (SSSR count). The van der Waals surface area contributed by atoms with E-state index in [4.69, 9.17) is 4.98 Å². The highest BCUT2D eigenvalue weighted by Gasteiger charge is 2.15. The van der Waals surface area contributed by atoms with E-state index in [0.717, 1.165) is 16.7 Å². The lowest BCUT2D eigenvalue weighted by Crippen LogP contribution is -2.23. The van der Waals surface area contributed by atoms with Crippen molar-refractivity contribution < 1.29 is 10.0 Å². The third-order valence-electron chi connectivity index (χ3n) is 5.87. The summed E-state index contributed by atoms with van der Waals surface area (Å²) in [6.07, 6.45) is 6.62. The molecule has 0 saturated heterocycles. The number of para-hydroxylation sites is 1. The van der Waals surface area contributed by atoms with Gasteiger partial charge in [0, 0.05) is 29.6 Å². The van der Waals surface area contributed by atoms with Crippen molar-refractivity contribution in [1.29, 1.82) is 0 Å². The number of fused-ring (bicyclic) bond motifs is 1. The van der Waals surface area contributed by atoms with Crippen LogP contribution in [-0.4, -0.2) is 24.6 Å². The fourth-order valence-electron chi connectivity index (χ4n) is 4.02. The van der Waals surface area contributed by atoms with Gasteiger partial charge in [0.05, 0.1) is 21.5 Å². The second-order valence-electron chi connectivity index (χ2n) is 8.46. The second-order valence-corrected chi connectivity index (χ2v) is 8.46. The van der Waals surface area contributed by atoms with Crippen LogP contribution in [0.15, 0.2) is 90.0 Å². The van der Waals surface area contributed by atoms with Crippen LogP contribution >= 0.6 is 0 Å². The summed E-state index contributed by atoms with van der Waals surface area (Å²) >= 11 is 0. The molecule has 8 nitrogen and oxygen atoms in total. The molecule has 1 N–H and O–H groups in total. The monoisotopic (exact) mass is 500 g/mol. The Labute approximate surface area is 217 Å². The molecule has 0 saturated carbocycles. The summed E-state index contributed by atoms with van der Waals surface area (Å²) in [6.45, 7) is 1.89. The second kappa shape index (κ2) is 10.2. The number of pyridine rings is 1. The number of benzene rings is 3. The average molecular weight is 501 g/mol. The zero-order valence-electron chi connectivity index (χ0n) is 20.2. The van der Waals surface area contributed by atoms with Crippen molar-refractivity contribution in [2.24, 2.45) is 0 Å². The quantitative estimate of drug-likeness (QED) is 0.204. The van der Waals surface area contributed by atoms with Crippen LogP contribution in [0, 0.1) is 28.9 Å². The maximum Gasteiger partial charge on any atom is 0.311 e. The van der Waals surface area contributed by atoms with Crippen molar-refractivity contribution in [3.05, 3.63) is 134 Å². The summed E-state index contributed by atoms with van der Waals surface area (Å²) in [7, 11) is 0. The number of phenols is 1. The maximum atomic E-state index is 13.6. The molecule has 0 unspecified atom stereocenters. The fourth-order valence-corrected chi connectivity index (χ4v) is 4.02. The number of phenolic OH excluding ortho intramolecular Hbond substituents is 1. The van der Waals surface area contributed by atoms with Crippen molar-refractivity contribution in [1.82, 2.24) is 14.5 Å². The Balaban J connectivity index is 1.62. The van der Waals surface area contributed by atoms with E-state index >= 15 is 0 Å². The standard InChI is InChI=1S/C30H20N4O4/c1-20-17-21(8-9-23-5-4-16-31-19-23)10-13-26(20)33-29(32-25-7-3-2-6-24(25)30(33)36)15-12-22-11-14-28(35)27(18-22)34(37)38/h2-7,10-19,35H,1H3. The molecule has 0 amide bonds. The van der Waals surface area contributed by atoms with Gasteiger partial charge in [-0.25, -0.2) is 4.98 Å². The smallest absolute Gasteiger partial charge is 0.311 e. The van der Waals surface area contributed by atoms with Gasteiger partial charge in [0.2, 0.25) is 0 Å². The highest BCUT2D eigenvalue weighted by atomic mass is 16.6. The first-order chi connectivity index (χ1) is 18.4. The highest BCUT2D eigenvalue weighted by Crippen LogP contribution is 2.27. The Hall–Kier alpha value is -5.55. The van der Waals surface area contributed by atoms with Gasteiger partial charge in [0.15, 0.2) is 5.75 Å². The van der Waals surface area contributed by atoms with E-state index in [2.05, 4.69) is 16.8 Å². The van der Waals surface area contributed by atoms with Crippen molar-refractivity contribution >= 4 is 28.7 Å². The number of nitrogens with zero attached hydrogens (tertiary/aromatic N) is 4. The summed E-state index contributed by atoms with van der Waals surface area (Å²) in [4.78, 5) is 33.0. The van der Waals surface area contributed by atoms with Crippen molar-refractivity contribution in [2.45, 2.75) is 6.92 Å². The van der Waals surface area contributed by atoms with E-state index in [9.17, 15) is 20.0 Å².